The van der Waals surface area contributed by atoms with E-state index < -0.39 is 17.4 Å². The molecule has 1 aromatic heterocycles. The number of hydrogen-bond donors (Lipinski definition) is 2. The summed E-state index contributed by atoms with van der Waals surface area (Å²) in [6, 6.07) is 14.3. The van der Waals surface area contributed by atoms with Gasteiger partial charge in [-0.05, 0) is 54.1 Å². The topological polar surface area (TPSA) is 89.4 Å². The summed E-state index contributed by atoms with van der Waals surface area (Å²) in [7, 11) is 1.52. The Labute approximate surface area is 182 Å². The number of halogens is 2. The highest BCUT2D eigenvalue weighted by Crippen LogP contribution is 2.22. The lowest BCUT2D eigenvalue weighted by Crippen LogP contribution is -2.44. The number of rotatable bonds is 5. The van der Waals surface area contributed by atoms with Crippen LogP contribution in [0.1, 0.15) is 26.3 Å². The predicted octanol–water partition coefficient (Wildman–Crippen LogP) is 3.29. The van der Waals surface area contributed by atoms with Crippen LogP contribution in [0.25, 0.3) is 0 Å². The molecule has 0 aliphatic carbocycles. The van der Waals surface area contributed by atoms with E-state index in [-0.39, 0.29) is 12.1 Å². The van der Waals surface area contributed by atoms with Gasteiger partial charge in [-0.2, -0.15) is 0 Å². The Hall–Kier alpha value is -3.29. The maximum Gasteiger partial charge on any atom is 0.275 e. The molecule has 0 fully saturated rings. The standard InChI is InChI=1S/C21H17Cl2N3O4/c1-30-15-7-5-14(6-8-15)19(27)24-25-20(28)16-3-2-10-26(21(16)29)12-13-4-9-17(22)18(23)11-13/h2-11H,12H2,1H3,(H,24,27)(H,25,28). The van der Waals surface area contributed by atoms with Crippen LogP contribution < -0.4 is 21.1 Å². The number of hydrogen-bond acceptors (Lipinski definition) is 4. The van der Waals surface area contributed by atoms with Crippen molar-refractivity contribution >= 4 is 35.0 Å². The van der Waals surface area contributed by atoms with E-state index in [1.165, 1.54) is 17.7 Å². The molecule has 0 aliphatic heterocycles. The van der Waals surface area contributed by atoms with Crippen molar-refractivity contribution in [1.82, 2.24) is 15.4 Å². The molecule has 9 heteroatoms. The summed E-state index contributed by atoms with van der Waals surface area (Å²) in [5.74, 6) is -0.661. The quantitative estimate of drug-likeness (QED) is 0.589. The maximum atomic E-state index is 12.7. The average molecular weight is 446 g/mol. The first kappa shape index (κ1) is 21.4. The second-order valence-electron chi connectivity index (χ2n) is 6.24. The van der Waals surface area contributed by atoms with Crippen LogP contribution in [0, 0.1) is 0 Å². The molecule has 2 amide bonds. The molecule has 2 aromatic carbocycles. The Morgan fingerprint density at radius 2 is 1.67 bits per heavy atom. The Bertz CT molecular complexity index is 1140. The second kappa shape index (κ2) is 9.47. The number of pyridine rings is 1. The van der Waals surface area contributed by atoms with Crippen molar-refractivity contribution in [2.24, 2.45) is 0 Å². The van der Waals surface area contributed by atoms with Gasteiger partial charge in [-0.1, -0.05) is 29.3 Å². The molecule has 0 bridgehead atoms. The van der Waals surface area contributed by atoms with Crippen molar-refractivity contribution in [3.8, 4) is 5.75 Å². The van der Waals surface area contributed by atoms with E-state index in [0.717, 1.165) is 5.56 Å². The normalized spacial score (nSPS) is 10.4. The maximum absolute atomic E-state index is 12.7. The van der Waals surface area contributed by atoms with Gasteiger partial charge in [0.05, 0.1) is 23.7 Å². The highest BCUT2D eigenvalue weighted by atomic mass is 35.5. The molecule has 2 N–H and O–H groups in total. The Morgan fingerprint density at radius 1 is 0.967 bits per heavy atom. The van der Waals surface area contributed by atoms with Crippen LogP contribution in [-0.4, -0.2) is 23.5 Å². The van der Waals surface area contributed by atoms with Crippen LogP contribution in [-0.2, 0) is 6.54 Å². The van der Waals surface area contributed by atoms with Gasteiger partial charge in [0, 0.05) is 11.8 Å². The van der Waals surface area contributed by atoms with Crippen molar-refractivity contribution < 1.29 is 14.3 Å². The third-order valence-corrected chi connectivity index (χ3v) is 4.98. The van der Waals surface area contributed by atoms with Crippen molar-refractivity contribution in [3.05, 3.63) is 97.9 Å². The third-order valence-electron chi connectivity index (χ3n) is 4.24. The van der Waals surface area contributed by atoms with Gasteiger partial charge in [-0.3, -0.25) is 25.2 Å². The first-order valence-corrected chi connectivity index (χ1v) is 9.52. The van der Waals surface area contributed by atoms with Crippen LogP contribution in [0.5, 0.6) is 5.75 Å². The average Bonchev–Trinajstić information content (AvgIpc) is 2.76. The SMILES string of the molecule is COc1ccc(C(=O)NNC(=O)c2cccn(Cc3ccc(Cl)c(Cl)c3)c2=O)cc1. The molecule has 1 heterocycles. The molecular weight excluding hydrogens is 429 g/mol. The van der Waals surface area contributed by atoms with Crippen LogP contribution in [0.2, 0.25) is 10.0 Å². The van der Waals surface area contributed by atoms with Gasteiger partial charge >= 0.3 is 0 Å². The number of carbonyl (C=O) groups excluding carboxylic acids is 2. The van der Waals surface area contributed by atoms with Crippen LogP contribution in [0.3, 0.4) is 0 Å². The number of hydrazine groups is 1. The Kier molecular flexibility index (Phi) is 6.76. The van der Waals surface area contributed by atoms with Crippen molar-refractivity contribution in [2.45, 2.75) is 6.54 Å². The Morgan fingerprint density at radius 3 is 2.33 bits per heavy atom. The lowest BCUT2D eigenvalue weighted by Gasteiger charge is -2.10. The first-order chi connectivity index (χ1) is 14.4. The number of benzene rings is 2. The summed E-state index contributed by atoms with van der Waals surface area (Å²) in [4.78, 5) is 37.2. The summed E-state index contributed by atoms with van der Waals surface area (Å²) in [6.45, 7) is 0.203. The zero-order valence-corrected chi connectivity index (χ0v) is 17.3. The number of amides is 2. The zero-order valence-electron chi connectivity index (χ0n) is 15.8. The van der Waals surface area contributed by atoms with Crippen LogP contribution in [0.15, 0.2) is 65.6 Å². The number of aromatic nitrogens is 1. The minimum Gasteiger partial charge on any atom is -0.497 e. The van der Waals surface area contributed by atoms with Gasteiger partial charge in [0.25, 0.3) is 17.4 Å². The lowest BCUT2D eigenvalue weighted by atomic mass is 10.2. The van der Waals surface area contributed by atoms with Gasteiger partial charge in [-0.25, -0.2) is 0 Å². The molecule has 0 aliphatic rings. The van der Waals surface area contributed by atoms with E-state index in [9.17, 15) is 14.4 Å². The minimum atomic E-state index is -0.731. The van der Waals surface area contributed by atoms with Crippen LogP contribution >= 0.6 is 23.2 Å². The fourth-order valence-electron chi connectivity index (χ4n) is 2.66. The van der Waals surface area contributed by atoms with Crippen molar-refractivity contribution in [3.63, 3.8) is 0 Å². The number of nitrogens with one attached hydrogen (secondary N) is 2. The molecule has 0 saturated heterocycles. The summed E-state index contributed by atoms with van der Waals surface area (Å²) in [5.41, 5.74) is 4.97. The smallest absolute Gasteiger partial charge is 0.275 e. The molecule has 154 valence electrons. The fraction of sp³-hybridized carbons (Fsp3) is 0.0952. The van der Waals surface area contributed by atoms with Gasteiger partial charge in [0.2, 0.25) is 0 Å². The summed E-state index contributed by atoms with van der Waals surface area (Å²) >= 11 is 11.9. The molecule has 7 nitrogen and oxygen atoms in total. The highest BCUT2D eigenvalue weighted by Gasteiger charge is 2.14. The van der Waals surface area contributed by atoms with Crippen molar-refractivity contribution in [1.29, 1.82) is 0 Å². The van der Waals surface area contributed by atoms with E-state index in [2.05, 4.69) is 10.9 Å². The number of ether oxygens (including phenoxy) is 1. The number of carbonyl (C=O) groups is 2. The van der Waals surface area contributed by atoms with E-state index >= 15 is 0 Å². The molecule has 30 heavy (non-hydrogen) atoms. The molecule has 0 atom stereocenters. The third kappa shape index (κ3) is 5.00. The zero-order chi connectivity index (χ0) is 21.7. The summed E-state index contributed by atoms with van der Waals surface area (Å²) in [6.07, 6.45) is 1.55. The fourth-order valence-corrected chi connectivity index (χ4v) is 2.98. The van der Waals surface area contributed by atoms with Gasteiger partial charge < -0.3 is 9.30 Å². The molecule has 3 aromatic rings. The molecule has 0 saturated carbocycles. The number of methoxy groups -OCH3 is 1. The summed E-state index contributed by atoms with van der Waals surface area (Å²) in [5, 5.41) is 0.783. The van der Waals surface area contributed by atoms with Crippen molar-refractivity contribution in [2.75, 3.05) is 7.11 Å². The Balaban J connectivity index is 1.70. The van der Waals surface area contributed by atoms with Gasteiger partial charge in [0.1, 0.15) is 11.3 Å². The molecule has 0 radical (unpaired) electrons. The van der Waals surface area contributed by atoms with E-state index in [1.807, 2.05) is 0 Å². The minimum absolute atomic E-state index is 0.118. The van der Waals surface area contributed by atoms with E-state index in [0.29, 0.717) is 21.4 Å². The molecular formula is C21H17Cl2N3O4. The summed E-state index contributed by atoms with van der Waals surface area (Å²) < 4.78 is 6.39. The van der Waals surface area contributed by atoms with Gasteiger partial charge in [0.15, 0.2) is 0 Å². The van der Waals surface area contributed by atoms with Gasteiger partial charge in [-0.15, -0.1) is 0 Å². The largest absolute Gasteiger partial charge is 0.497 e. The van der Waals surface area contributed by atoms with E-state index in [4.69, 9.17) is 27.9 Å². The van der Waals surface area contributed by atoms with E-state index in [1.54, 1.807) is 54.7 Å². The molecule has 0 spiro atoms. The van der Waals surface area contributed by atoms with Crippen LogP contribution in [0.4, 0.5) is 0 Å². The predicted molar refractivity (Wildman–Crippen MR) is 114 cm³/mol. The first-order valence-electron chi connectivity index (χ1n) is 8.77. The molecule has 0 unspecified atom stereocenters. The molecule has 3 rings (SSSR count). The number of nitrogens with zero attached hydrogens (tertiary/aromatic N) is 1. The lowest BCUT2D eigenvalue weighted by molar-refractivity contribution is 0.0845. The highest BCUT2D eigenvalue weighted by molar-refractivity contribution is 6.42. The second-order valence-corrected chi connectivity index (χ2v) is 7.05. The monoisotopic (exact) mass is 445 g/mol.